The zero-order valence-corrected chi connectivity index (χ0v) is 11.5. The van der Waals surface area contributed by atoms with Gasteiger partial charge in [0.15, 0.2) is 0 Å². The molecule has 0 amide bonds. The molecule has 0 unspecified atom stereocenters. The maximum atomic E-state index is 13.7. The second-order valence-corrected chi connectivity index (χ2v) is 5.75. The maximum absolute atomic E-state index is 13.7. The fraction of sp³-hybridized carbons (Fsp3) is 0.333. The molecule has 0 saturated heterocycles. The molecule has 1 aliphatic heterocycles. The van der Waals surface area contributed by atoms with Crippen LogP contribution in [-0.2, 0) is 13.0 Å². The molecule has 0 radical (unpaired) electrons. The van der Waals surface area contributed by atoms with Crippen LogP contribution in [0.1, 0.15) is 18.7 Å². The number of halogens is 2. The fourth-order valence-electron chi connectivity index (χ4n) is 2.08. The minimum absolute atomic E-state index is 0.200. The van der Waals surface area contributed by atoms with Crippen molar-refractivity contribution < 1.29 is 4.39 Å². The normalized spacial score (nSPS) is 14.4. The summed E-state index contributed by atoms with van der Waals surface area (Å²) in [5.41, 5.74) is -0.200. The zero-order chi connectivity index (χ0) is 13.4. The van der Waals surface area contributed by atoms with Crippen molar-refractivity contribution in [2.75, 3.05) is 0 Å². The topological polar surface area (TPSA) is 39.8 Å². The van der Waals surface area contributed by atoms with Gasteiger partial charge in [-0.3, -0.25) is 4.57 Å². The molecule has 0 spiro atoms. The monoisotopic (exact) mass is 299 g/mol. The van der Waals surface area contributed by atoms with Crippen molar-refractivity contribution in [1.29, 1.82) is 0 Å². The Hall–Kier alpha value is -1.27. The number of hydrogen-bond acceptors (Lipinski definition) is 3. The molecule has 1 aromatic carbocycles. The van der Waals surface area contributed by atoms with Crippen molar-refractivity contribution in [3.8, 4) is 0 Å². The Morgan fingerprint density at radius 2 is 2.21 bits per heavy atom. The lowest BCUT2D eigenvalue weighted by Crippen LogP contribution is -2.24. The summed E-state index contributed by atoms with van der Waals surface area (Å²) >= 11 is 6.68. The molecular weight excluding hydrogens is 289 g/mol. The van der Waals surface area contributed by atoms with Crippen LogP contribution in [0.2, 0.25) is 5.02 Å². The summed E-state index contributed by atoms with van der Waals surface area (Å²) in [6, 6.07) is 4.37. The molecule has 1 aromatic heterocycles. The molecule has 0 atom stereocenters. The van der Waals surface area contributed by atoms with E-state index < -0.39 is 5.82 Å². The number of aryl methyl sites for hydroxylation is 1. The van der Waals surface area contributed by atoms with Crippen LogP contribution < -0.4 is 5.69 Å². The van der Waals surface area contributed by atoms with Crippen LogP contribution in [0.4, 0.5) is 4.39 Å². The molecule has 2 heterocycles. The summed E-state index contributed by atoms with van der Waals surface area (Å²) in [6.45, 7) is 0.692. The molecule has 3 rings (SSSR count). The summed E-state index contributed by atoms with van der Waals surface area (Å²) in [5, 5.41) is 4.57. The van der Waals surface area contributed by atoms with E-state index in [2.05, 4.69) is 5.10 Å². The molecule has 0 fully saturated rings. The Balaban J connectivity index is 1.95. The van der Waals surface area contributed by atoms with Gasteiger partial charge in [0.05, 0.1) is 4.90 Å². The number of aromatic nitrogens is 3. The highest BCUT2D eigenvalue weighted by Crippen LogP contribution is 2.24. The predicted octanol–water partition coefficient (Wildman–Crippen LogP) is 2.73. The van der Waals surface area contributed by atoms with Crippen molar-refractivity contribution in [1.82, 2.24) is 13.8 Å². The van der Waals surface area contributed by atoms with E-state index in [0.717, 1.165) is 37.0 Å². The van der Waals surface area contributed by atoms with Crippen molar-refractivity contribution >= 4 is 23.5 Å². The van der Waals surface area contributed by atoms with Gasteiger partial charge in [-0.2, -0.15) is 0 Å². The van der Waals surface area contributed by atoms with Crippen molar-refractivity contribution in [3.05, 3.63) is 45.3 Å². The molecule has 19 heavy (non-hydrogen) atoms. The minimum Gasteiger partial charge on any atom is -0.278 e. The van der Waals surface area contributed by atoms with E-state index in [1.54, 1.807) is 16.7 Å². The van der Waals surface area contributed by atoms with Gasteiger partial charge in [0.1, 0.15) is 11.6 Å². The van der Waals surface area contributed by atoms with E-state index in [1.807, 2.05) is 0 Å². The summed E-state index contributed by atoms with van der Waals surface area (Å²) in [6.07, 6.45) is 2.82. The first-order valence-corrected chi connectivity index (χ1v) is 7.12. The van der Waals surface area contributed by atoms with E-state index >= 15 is 0 Å². The molecule has 0 N–H and O–H groups in total. The van der Waals surface area contributed by atoms with Gasteiger partial charge >= 0.3 is 5.69 Å². The number of fused-ring (bicyclic) bond motifs is 1. The highest BCUT2D eigenvalue weighted by atomic mass is 35.5. The lowest BCUT2D eigenvalue weighted by molar-refractivity contribution is 0.512. The summed E-state index contributed by atoms with van der Waals surface area (Å²) in [4.78, 5) is 12.4. The van der Waals surface area contributed by atoms with Gasteiger partial charge in [-0.25, -0.2) is 9.18 Å². The van der Waals surface area contributed by atoms with E-state index in [4.69, 9.17) is 11.6 Å². The second kappa shape index (κ2) is 5.02. The minimum atomic E-state index is -0.449. The Morgan fingerprint density at radius 1 is 1.37 bits per heavy atom. The van der Waals surface area contributed by atoms with Crippen LogP contribution in [0, 0.1) is 5.82 Å². The number of hydrogen-bond donors (Lipinski definition) is 0. The molecule has 2 aromatic rings. The quantitative estimate of drug-likeness (QED) is 0.856. The highest BCUT2D eigenvalue weighted by molar-refractivity contribution is 7.97. The van der Waals surface area contributed by atoms with E-state index in [1.165, 1.54) is 10.2 Å². The van der Waals surface area contributed by atoms with E-state index in [0.29, 0.717) is 16.5 Å². The van der Waals surface area contributed by atoms with Crippen molar-refractivity contribution in [2.24, 2.45) is 0 Å². The smallest absolute Gasteiger partial charge is 0.278 e. The third-order valence-electron chi connectivity index (χ3n) is 3.02. The molecule has 0 saturated carbocycles. The molecule has 7 heteroatoms. The van der Waals surface area contributed by atoms with E-state index in [9.17, 15) is 9.18 Å². The van der Waals surface area contributed by atoms with Crippen molar-refractivity contribution in [3.63, 3.8) is 0 Å². The SMILES string of the molecule is O=c1n(Sc2ccc(Cl)cc2F)nc2n1CCCC2. The van der Waals surface area contributed by atoms with Gasteiger partial charge in [-0.15, -0.1) is 9.19 Å². The Kier molecular flexibility index (Phi) is 3.36. The van der Waals surface area contributed by atoms with E-state index in [-0.39, 0.29) is 5.69 Å². The third-order valence-corrected chi connectivity index (χ3v) is 4.20. The Labute approximate surface area is 118 Å². The van der Waals surface area contributed by atoms with Crippen LogP contribution in [0.15, 0.2) is 27.9 Å². The average Bonchev–Trinajstić information content (AvgIpc) is 2.70. The first kappa shape index (κ1) is 12.7. The van der Waals surface area contributed by atoms with Crippen LogP contribution in [0.5, 0.6) is 0 Å². The Morgan fingerprint density at radius 3 is 2.95 bits per heavy atom. The summed E-state index contributed by atoms with van der Waals surface area (Å²) in [7, 11) is 0. The lowest BCUT2D eigenvalue weighted by atomic mass is 10.2. The zero-order valence-electron chi connectivity index (χ0n) is 9.97. The highest BCUT2D eigenvalue weighted by Gasteiger charge is 2.18. The number of rotatable bonds is 2. The maximum Gasteiger partial charge on any atom is 0.356 e. The van der Waals surface area contributed by atoms with Crippen LogP contribution >= 0.6 is 23.5 Å². The Bertz CT molecular complexity index is 682. The molecule has 1 aliphatic rings. The largest absolute Gasteiger partial charge is 0.356 e. The van der Waals surface area contributed by atoms with Gasteiger partial charge < -0.3 is 0 Å². The number of benzene rings is 1. The van der Waals surface area contributed by atoms with Gasteiger partial charge in [0.2, 0.25) is 0 Å². The van der Waals surface area contributed by atoms with Gasteiger partial charge in [-0.1, -0.05) is 11.6 Å². The lowest BCUT2D eigenvalue weighted by Gasteiger charge is -2.09. The molecule has 4 nitrogen and oxygen atoms in total. The van der Waals surface area contributed by atoms with Gasteiger partial charge in [-0.05, 0) is 31.0 Å². The van der Waals surface area contributed by atoms with Gasteiger partial charge in [0, 0.05) is 29.9 Å². The third kappa shape index (κ3) is 2.42. The predicted molar refractivity (Wildman–Crippen MR) is 72.1 cm³/mol. The van der Waals surface area contributed by atoms with Crippen LogP contribution in [0.3, 0.4) is 0 Å². The molecular formula is C12H11ClFN3OS. The fourth-order valence-corrected chi connectivity index (χ4v) is 3.01. The average molecular weight is 300 g/mol. The summed E-state index contributed by atoms with van der Waals surface area (Å²) in [5.74, 6) is 0.327. The van der Waals surface area contributed by atoms with Crippen LogP contribution in [0.25, 0.3) is 0 Å². The number of nitrogens with zero attached hydrogens (tertiary/aromatic N) is 3. The summed E-state index contributed by atoms with van der Waals surface area (Å²) < 4.78 is 16.6. The molecule has 100 valence electrons. The second-order valence-electron chi connectivity index (χ2n) is 4.35. The standard InChI is InChI=1S/C12H11ClFN3OS/c13-8-4-5-10(9(14)7-8)19-17-12(18)16-6-2-1-3-11(16)15-17/h4-5,7H,1-3,6H2. The first-order chi connectivity index (χ1) is 9.15. The first-order valence-electron chi connectivity index (χ1n) is 5.97. The van der Waals surface area contributed by atoms with Gasteiger partial charge in [0.25, 0.3) is 0 Å². The molecule has 0 aliphatic carbocycles. The van der Waals surface area contributed by atoms with Crippen LogP contribution in [-0.4, -0.2) is 13.8 Å². The molecule has 0 bridgehead atoms. The van der Waals surface area contributed by atoms with Crippen molar-refractivity contribution in [2.45, 2.75) is 30.7 Å².